The number of carbonyl (C=O) groups excluding carboxylic acids is 3. The quantitative estimate of drug-likeness (QED) is 0.354. The minimum absolute atomic E-state index is 0.0226. The summed E-state index contributed by atoms with van der Waals surface area (Å²) in [6.45, 7) is -0.442. The summed E-state index contributed by atoms with van der Waals surface area (Å²) >= 11 is 1.06. The van der Waals surface area contributed by atoms with Crippen LogP contribution >= 0.6 is 11.3 Å². The Morgan fingerprint density at radius 1 is 1.23 bits per heavy atom. The van der Waals surface area contributed by atoms with Gasteiger partial charge in [-0.25, -0.2) is 4.98 Å². The van der Waals surface area contributed by atoms with Crippen LogP contribution in [0.1, 0.15) is 30.5 Å². The molecule has 0 saturated heterocycles. The lowest BCUT2D eigenvalue weighted by Gasteiger charge is -2.16. The topological polar surface area (TPSA) is 186 Å². The van der Waals surface area contributed by atoms with E-state index in [-0.39, 0.29) is 34.2 Å². The first-order valence-electron chi connectivity index (χ1n) is 7.42. The number of hydrogen-bond donors (Lipinski definition) is 6. The Morgan fingerprint density at radius 2 is 1.96 bits per heavy atom. The third kappa shape index (κ3) is 4.68. The van der Waals surface area contributed by atoms with E-state index in [0.29, 0.717) is 0 Å². The number of nitrogens with zero attached hydrogens (tertiary/aromatic N) is 1. The van der Waals surface area contributed by atoms with E-state index < -0.39 is 30.4 Å². The van der Waals surface area contributed by atoms with Gasteiger partial charge in [-0.1, -0.05) is 0 Å². The molecule has 11 heteroatoms. The molecular formula is C15H18N6O4S. The van der Waals surface area contributed by atoms with Crippen LogP contribution in [0.15, 0.2) is 23.6 Å². The van der Waals surface area contributed by atoms with Crippen molar-refractivity contribution in [3.05, 3.63) is 39.7 Å². The van der Waals surface area contributed by atoms with Crippen LogP contribution in [0.25, 0.3) is 0 Å². The van der Waals surface area contributed by atoms with E-state index in [1.54, 1.807) is 0 Å². The number of nitrogen functional groups attached to an aromatic ring is 2. The predicted molar refractivity (Wildman–Crippen MR) is 96.6 cm³/mol. The van der Waals surface area contributed by atoms with Crippen molar-refractivity contribution in [3.8, 4) is 0 Å². The van der Waals surface area contributed by atoms with Gasteiger partial charge < -0.3 is 32.9 Å². The standard InChI is InChI=1S/C15H18N6O4S/c16-9-1-2-10(21-12(9)17)14(24)20-8(5-22)4-19-15(25)11-3-7(6-26-11)13(18)23/h1-3,6,8,22H,4-5,16H2,(H2,17,21)(H2,18,23)(H,19,25)(H,20,24)/t8-/m1/s1. The number of aliphatic hydroxyl groups excluding tert-OH is 1. The van der Waals surface area contributed by atoms with Crippen LogP contribution in [-0.4, -0.2) is 47.0 Å². The Balaban J connectivity index is 1.93. The fourth-order valence-electron chi connectivity index (χ4n) is 1.92. The molecule has 138 valence electrons. The maximum absolute atomic E-state index is 12.1. The monoisotopic (exact) mass is 378 g/mol. The Bertz CT molecular complexity index is 837. The Morgan fingerprint density at radius 3 is 2.54 bits per heavy atom. The predicted octanol–water partition coefficient (Wildman–Crippen LogP) is -1.07. The van der Waals surface area contributed by atoms with E-state index in [1.165, 1.54) is 23.6 Å². The molecule has 0 radical (unpaired) electrons. The summed E-state index contributed by atoms with van der Waals surface area (Å²) in [4.78, 5) is 39.4. The van der Waals surface area contributed by atoms with E-state index in [0.717, 1.165) is 11.3 Å². The summed E-state index contributed by atoms with van der Waals surface area (Å²) in [6, 6.07) is 3.46. The average molecular weight is 378 g/mol. The second kappa shape index (κ2) is 8.27. The van der Waals surface area contributed by atoms with Gasteiger partial charge in [-0.3, -0.25) is 14.4 Å². The number of carbonyl (C=O) groups is 3. The number of thiophene rings is 1. The first-order valence-corrected chi connectivity index (χ1v) is 8.30. The van der Waals surface area contributed by atoms with Gasteiger partial charge in [0.15, 0.2) is 0 Å². The van der Waals surface area contributed by atoms with Crippen molar-refractivity contribution in [2.45, 2.75) is 6.04 Å². The second-order valence-electron chi connectivity index (χ2n) is 5.30. The molecule has 9 N–H and O–H groups in total. The molecule has 1 atom stereocenters. The Kier molecular flexibility index (Phi) is 6.09. The number of aromatic nitrogens is 1. The zero-order valence-corrected chi connectivity index (χ0v) is 14.4. The Labute approximate surface area is 152 Å². The number of rotatable bonds is 7. The average Bonchev–Trinajstić information content (AvgIpc) is 3.11. The number of nitrogens with two attached hydrogens (primary N) is 3. The molecule has 0 spiro atoms. The van der Waals surface area contributed by atoms with Crippen molar-refractivity contribution < 1.29 is 19.5 Å². The van der Waals surface area contributed by atoms with Crippen molar-refractivity contribution in [2.75, 3.05) is 24.6 Å². The maximum Gasteiger partial charge on any atom is 0.270 e. The zero-order valence-electron chi connectivity index (χ0n) is 13.6. The molecule has 0 fully saturated rings. The second-order valence-corrected chi connectivity index (χ2v) is 6.21. The van der Waals surface area contributed by atoms with Gasteiger partial charge in [0.25, 0.3) is 11.8 Å². The number of pyridine rings is 1. The van der Waals surface area contributed by atoms with Gasteiger partial charge in [-0.15, -0.1) is 11.3 Å². The third-order valence-corrected chi connectivity index (χ3v) is 4.29. The third-order valence-electron chi connectivity index (χ3n) is 3.36. The van der Waals surface area contributed by atoms with E-state index in [9.17, 15) is 19.5 Å². The SMILES string of the molecule is NC(=O)c1csc(C(=O)NC[C@H](CO)NC(=O)c2ccc(N)c(N)n2)c1. The van der Waals surface area contributed by atoms with Crippen LogP contribution in [0.4, 0.5) is 11.5 Å². The van der Waals surface area contributed by atoms with Gasteiger partial charge in [0.1, 0.15) is 11.5 Å². The first kappa shape index (κ1) is 19.1. The number of primary amides is 1. The highest BCUT2D eigenvalue weighted by Gasteiger charge is 2.17. The summed E-state index contributed by atoms with van der Waals surface area (Å²) in [5.74, 6) is -1.63. The van der Waals surface area contributed by atoms with Gasteiger partial charge in [0.05, 0.1) is 28.8 Å². The molecule has 10 nitrogen and oxygen atoms in total. The van der Waals surface area contributed by atoms with Crippen molar-refractivity contribution in [1.29, 1.82) is 0 Å². The number of amides is 3. The molecule has 2 rings (SSSR count). The van der Waals surface area contributed by atoms with Crippen molar-refractivity contribution in [2.24, 2.45) is 5.73 Å². The van der Waals surface area contributed by atoms with Crippen LogP contribution in [0.5, 0.6) is 0 Å². The lowest BCUT2D eigenvalue weighted by molar-refractivity contribution is 0.0885. The highest BCUT2D eigenvalue weighted by Crippen LogP contribution is 2.14. The minimum atomic E-state index is -0.748. The zero-order chi connectivity index (χ0) is 19.3. The minimum Gasteiger partial charge on any atom is -0.396 e. The van der Waals surface area contributed by atoms with Crippen LogP contribution < -0.4 is 27.8 Å². The van der Waals surface area contributed by atoms with Crippen molar-refractivity contribution >= 4 is 40.6 Å². The fourth-order valence-corrected chi connectivity index (χ4v) is 2.73. The summed E-state index contributed by atoms with van der Waals surface area (Å²) in [6.07, 6.45) is 0. The highest BCUT2D eigenvalue weighted by atomic mass is 32.1. The number of anilines is 2. The summed E-state index contributed by atoms with van der Waals surface area (Å²) in [5.41, 5.74) is 16.7. The molecule has 0 saturated carbocycles. The highest BCUT2D eigenvalue weighted by molar-refractivity contribution is 7.12. The van der Waals surface area contributed by atoms with E-state index in [2.05, 4.69) is 15.6 Å². The molecule has 3 amide bonds. The smallest absolute Gasteiger partial charge is 0.270 e. The molecule has 0 aliphatic heterocycles. The van der Waals surface area contributed by atoms with Gasteiger partial charge >= 0.3 is 0 Å². The molecule has 0 unspecified atom stereocenters. The largest absolute Gasteiger partial charge is 0.396 e. The molecule has 0 aromatic carbocycles. The van der Waals surface area contributed by atoms with E-state index in [1.807, 2.05) is 0 Å². The summed E-state index contributed by atoms with van der Waals surface area (Å²) < 4.78 is 0. The number of hydrogen-bond acceptors (Lipinski definition) is 8. The first-order chi connectivity index (χ1) is 12.3. The lowest BCUT2D eigenvalue weighted by atomic mass is 10.2. The number of nitrogens with one attached hydrogen (secondary N) is 2. The molecule has 2 aromatic heterocycles. The Hall–Kier alpha value is -3.18. The maximum atomic E-state index is 12.1. The molecule has 26 heavy (non-hydrogen) atoms. The van der Waals surface area contributed by atoms with Crippen LogP contribution in [0, 0.1) is 0 Å². The summed E-state index contributed by atoms with van der Waals surface area (Å²) in [5, 5.41) is 15.9. The van der Waals surface area contributed by atoms with Crippen LogP contribution in [-0.2, 0) is 0 Å². The van der Waals surface area contributed by atoms with Gasteiger partial charge in [-0.05, 0) is 18.2 Å². The molecular weight excluding hydrogens is 360 g/mol. The van der Waals surface area contributed by atoms with Crippen LogP contribution in [0.2, 0.25) is 0 Å². The summed E-state index contributed by atoms with van der Waals surface area (Å²) in [7, 11) is 0. The lowest BCUT2D eigenvalue weighted by Crippen LogP contribution is -2.46. The molecule has 0 aliphatic carbocycles. The number of aliphatic hydroxyl groups is 1. The van der Waals surface area contributed by atoms with Gasteiger partial charge in [0.2, 0.25) is 5.91 Å². The fraction of sp³-hybridized carbons (Fsp3) is 0.200. The molecule has 2 aromatic rings. The van der Waals surface area contributed by atoms with Crippen molar-refractivity contribution in [1.82, 2.24) is 15.6 Å². The van der Waals surface area contributed by atoms with Gasteiger partial charge in [-0.2, -0.15) is 0 Å². The van der Waals surface area contributed by atoms with Crippen LogP contribution in [0.3, 0.4) is 0 Å². The van der Waals surface area contributed by atoms with Gasteiger partial charge in [0, 0.05) is 11.9 Å². The van der Waals surface area contributed by atoms with E-state index in [4.69, 9.17) is 17.2 Å². The molecule has 0 bridgehead atoms. The molecule has 0 aliphatic rings. The molecule has 2 heterocycles. The normalized spacial score (nSPS) is 11.6. The van der Waals surface area contributed by atoms with E-state index >= 15 is 0 Å². The van der Waals surface area contributed by atoms with Crippen molar-refractivity contribution in [3.63, 3.8) is 0 Å².